The van der Waals surface area contributed by atoms with Crippen LogP contribution in [-0.4, -0.2) is 47.8 Å². The Kier molecular flexibility index (Phi) is 5.19. The van der Waals surface area contributed by atoms with Gasteiger partial charge < -0.3 is 15.2 Å². The standard InChI is InChI=1S/C19H29N5O3/c1-3-5-11(2)27-19-22-16(20)13-14-15(21-14)18(25)24(17(13)23-19)8-4-6-12-7-9-26-10-12/h11-12,14-15,21H,3-10H2,1-2H3,(H2,20,22,23)/t11?,12?,14?,15-/m1/s1. The predicted molar refractivity (Wildman–Crippen MR) is 102 cm³/mol. The minimum atomic E-state index is -0.191. The number of nitrogens with two attached hydrogens (primary N) is 1. The van der Waals surface area contributed by atoms with E-state index in [1.54, 1.807) is 4.90 Å². The maximum absolute atomic E-state index is 12.8. The van der Waals surface area contributed by atoms with Crippen LogP contribution in [0.25, 0.3) is 0 Å². The minimum Gasteiger partial charge on any atom is -0.460 e. The number of nitrogens with zero attached hydrogens (tertiary/aromatic N) is 3. The number of hydrogen-bond donors (Lipinski definition) is 2. The van der Waals surface area contributed by atoms with E-state index < -0.39 is 0 Å². The highest BCUT2D eigenvalue weighted by molar-refractivity contribution is 6.03. The van der Waals surface area contributed by atoms with Crippen LogP contribution in [0.4, 0.5) is 11.6 Å². The average molecular weight is 375 g/mol. The van der Waals surface area contributed by atoms with Crippen molar-refractivity contribution in [2.24, 2.45) is 5.92 Å². The van der Waals surface area contributed by atoms with Crippen LogP contribution < -0.4 is 20.7 Å². The highest BCUT2D eigenvalue weighted by Gasteiger charge is 2.53. The topological polar surface area (TPSA) is 113 Å². The Morgan fingerprint density at radius 2 is 2.26 bits per heavy atom. The molecule has 3 aliphatic heterocycles. The minimum absolute atomic E-state index is 0.00866. The maximum atomic E-state index is 12.8. The number of anilines is 2. The van der Waals surface area contributed by atoms with Crippen molar-refractivity contribution in [3.8, 4) is 6.01 Å². The third-order valence-corrected chi connectivity index (χ3v) is 5.64. The highest BCUT2D eigenvalue weighted by Crippen LogP contribution is 2.44. The quantitative estimate of drug-likeness (QED) is 0.666. The Bertz CT molecular complexity index is 707. The molecule has 148 valence electrons. The lowest BCUT2D eigenvalue weighted by atomic mass is 10.0. The van der Waals surface area contributed by atoms with Gasteiger partial charge in [0.2, 0.25) is 5.91 Å². The molecule has 0 aromatic carbocycles. The molecule has 3 unspecified atom stereocenters. The van der Waals surface area contributed by atoms with E-state index in [2.05, 4.69) is 22.2 Å². The van der Waals surface area contributed by atoms with Crippen LogP contribution in [0, 0.1) is 5.92 Å². The molecule has 0 aliphatic carbocycles. The Labute approximate surface area is 159 Å². The summed E-state index contributed by atoms with van der Waals surface area (Å²) in [5.41, 5.74) is 7.05. The zero-order valence-corrected chi connectivity index (χ0v) is 16.1. The summed E-state index contributed by atoms with van der Waals surface area (Å²) in [4.78, 5) is 23.5. The fourth-order valence-electron chi connectivity index (χ4n) is 4.10. The Morgan fingerprint density at radius 1 is 1.41 bits per heavy atom. The maximum Gasteiger partial charge on any atom is 0.320 e. The van der Waals surface area contributed by atoms with E-state index in [1.807, 2.05) is 6.92 Å². The van der Waals surface area contributed by atoms with Crippen molar-refractivity contribution in [2.45, 2.75) is 64.1 Å². The summed E-state index contributed by atoms with van der Waals surface area (Å²) < 4.78 is 11.3. The van der Waals surface area contributed by atoms with E-state index in [9.17, 15) is 4.79 Å². The number of carbonyl (C=O) groups is 1. The summed E-state index contributed by atoms with van der Waals surface area (Å²) in [6, 6.07) is 0.00591. The first-order valence-electron chi connectivity index (χ1n) is 10.1. The molecule has 4 atom stereocenters. The van der Waals surface area contributed by atoms with E-state index in [0.29, 0.717) is 24.1 Å². The number of carbonyl (C=O) groups excluding carboxylic acids is 1. The Hall–Kier alpha value is -1.93. The van der Waals surface area contributed by atoms with E-state index >= 15 is 0 Å². The number of rotatable bonds is 8. The van der Waals surface area contributed by atoms with Gasteiger partial charge in [0.15, 0.2) is 0 Å². The van der Waals surface area contributed by atoms with Crippen molar-refractivity contribution < 1.29 is 14.3 Å². The van der Waals surface area contributed by atoms with Gasteiger partial charge in [-0.2, -0.15) is 9.97 Å². The van der Waals surface area contributed by atoms with Crippen LogP contribution in [-0.2, 0) is 9.53 Å². The average Bonchev–Trinajstić information content (AvgIpc) is 3.24. The van der Waals surface area contributed by atoms with E-state index in [1.165, 1.54) is 0 Å². The number of amides is 1. The van der Waals surface area contributed by atoms with Crippen molar-refractivity contribution in [3.05, 3.63) is 5.56 Å². The van der Waals surface area contributed by atoms with Gasteiger partial charge in [-0.1, -0.05) is 13.3 Å². The summed E-state index contributed by atoms with van der Waals surface area (Å²) in [5, 5.41) is 3.21. The van der Waals surface area contributed by atoms with Crippen LogP contribution in [0.15, 0.2) is 0 Å². The smallest absolute Gasteiger partial charge is 0.320 e. The van der Waals surface area contributed by atoms with Gasteiger partial charge >= 0.3 is 6.01 Å². The van der Waals surface area contributed by atoms with Gasteiger partial charge in [0, 0.05) is 19.8 Å². The molecule has 0 saturated carbocycles. The van der Waals surface area contributed by atoms with Gasteiger partial charge in [-0.05, 0) is 38.5 Å². The van der Waals surface area contributed by atoms with Crippen molar-refractivity contribution in [3.63, 3.8) is 0 Å². The summed E-state index contributed by atoms with van der Waals surface area (Å²) in [7, 11) is 0. The molecule has 2 fully saturated rings. The SMILES string of the molecule is CCCC(C)Oc1nc(N)c2c(n1)N(CCCC1CCOC1)C(=O)[C@@H]1NC21. The second kappa shape index (κ2) is 7.59. The van der Waals surface area contributed by atoms with Crippen LogP contribution in [0.2, 0.25) is 0 Å². The molecule has 8 nitrogen and oxygen atoms in total. The fraction of sp³-hybridized carbons (Fsp3) is 0.737. The van der Waals surface area contributed by atoms with Gasteiger partial charge in [-0.15, -0.1) is 0 Å². The molecule has 3 N–H and O–H groups in total. The first-order chi connectivity index (χ1) is 13.1. The molecule has 0 radical (unpaired) electrons. The number of hydrogen-bond acceptors (Lipinski definition) is 7. The molecule has 2 saturated heterocycles. The predicted octanol–water partition coefficient (Wildman–Crippen LogP) is 1.80. The number of fused-ring (bicyclic) bond motifs is 3. The van der Waals surface area contributed by atoms with Crippen molar-refractivity contribution >= 4 is 17.5 Å². The third kappa shape index (κ3) is 3.73. The van der Waals surface area contributed by atoms with E-state index in [-0.39, 0.29) is 30.1 Å². The fourth-order valence-corrected chi connectivity index (χ4v) is 4.10. The van der Waals surface area contributed by atoms with E-state index in [4.69, 9.17) is 15.2 Å². The van der Waals surface area contributed by atoms with Crippen molar-refractivity contribution in [2.75, 3.05) is 30.4 Å². The number of nitrogen functional groups attached to an aromatic ring is 1. The van der Waals surface area contributed by atoms with Crippen molar-refractivity contribution in [1.82, 2.24) is 15.3 Å². The summed E-state index contributed by atoms with van der Waals surface area (Å²) >= 11 is 0. The van der Waals surface area contributed by atoms with Crippen LogP contribution in [0.1, 0.15) is 57.6 Å². The second-order valence-corrected chi connectivity index (χ2v) is 7.83. The first kappa shape index (κ1) is 18.4. The molecule has 1 aromatic heterocycles. The number of nitrogens with one attached hydrogen (secondary N) is 1. The molecule has 1 aromatic rings. The molecule has 27 heavy (non-hydrogen) atoms. The lowest BCUT2D eigenvalue weighted by Crippen LogP contribution is -2.40. The molecule has 4 heterocycles. The van der Waals surface area contributed by atoms with Gasteiger partial charge in [0.25, 0.3) is 0 Å². The summed E-state index contributed by atoms with van der Waals surface area (Å²) in [6.07, 6.45) is 5.03. The molecule has 1 amide bonds. The molecule has 0 spiro atoms. The molecular weight excluding hydrogens is 346 g/mol. The van der Waals surface area contributed by atoms with Gasteiger partial charge in [0.1, 0.15) is 17.7 Å². The normalized spacial score (nSPS) is 27.3. The first-order valence-corrected chi connectivity index (χ1v) is 10.1. The number of aromatic nitrogens is 2. The second-order valence-electron chi connectivity index (χ2n) is 7.83. The molecule has 8 heteroatoms. The van der Waals surface area contributed by atoms with Gasteiger partial charge in [0.05, 0.1) is 17.7 Å². The Balaban J connectivity index is 1.52. The highest BCUT2D eigenvalue weighted by atomic mass is 16.5. The summed E-state index contributed by atoms with van der Waals surface area (Å²) in [5.74, 6) is 1.68. The van der Waals surface area contributed by atoms with Gasteiger partial charge in [-0.25, -0.2) is 0 Å². The number of ether oxygens (including phenoxy) is 2. The van der Waals surface area contributed by atoms with Crippen LogP contribution in [0.5, 0.6) is 6.01 Å². The monoisotopic (exact) mass is 375 g/mol. The lowest BCUT2D eigenvalue weighted by Gasteiger charge is -2.28. The molecular formula is C19H29N5O3. The van der Waals surface area contributed by atoms with Crippen LogP contribution in [0.3, 0.4) is 0 Å². The third-order valence-electron chi connectivity index (χ3n) is 5.64. The zero-order valence-electron chi connectivity index (χ0n) is 16.1. The molecule has 0 bridgehead atoms. The van der Waals surface area contributed by atoms with Gasteiger partial charge in [-0.3, -0.25) is 15.0 Å². The zero-order chi connectivity index (χ0) is 19.0. The largest absolute Gasteiger partial charge is 0.460 e. The van der Waals surface area contributed by atoms with E-state index in [0.717, 1.165) is 50.9 Å². The molecule has 3 aliphatic rings. The molecule has 4 rings (SSSR count). The lowest BCUT2D eigenvalue weighted by molar-refractivity contribution is -0.118. The Morgan fingerprint density at radius 3 is 3.00 bits per heavy atom. The van der Waals surface area contributed by atoms with Crippen LogP contribution >= 0.6 is 0 Å². The summed E-state index contributed by atoms with van der Waals surface area (Å²) in [6.45, 7) is 6.42. The van der Waals surface area contributed by atoms with Crippen molar-refractivity contribution in [1.29, 1.82) is 0 Å².